The zero-order chi connectivity index (χ0) is 17.7. The van der Waals surface area contributed by atoms with Crippen LogP contribution in [-0.4, -0.2) is 24.7 Å². The Morgan fingerprint density at radius 3 is 2.56 bits per heavy atom. The first-order valence-corrected chi connectivity index (χ1v) is 10.2. The number of hydrogen-bond donors (Lipinski definition) is 1. The molecule has 0 fully saturated rings. The van der Waals surface area contributed by atoms with Crippen molar-refractivity contribution in [3.8, 4) is 10.6 Å². The molecule has 0 aliphatic rings. The minimum absolute atomic E-state index is 0.0919. The van der Waals surface area contributed by atoms with Crippen molar-refractivity contribution in [2.24, 2.45) is 0 Å². The van der Waals surface area contributed by atoms with Crippen LogP contribution in [0.2, 0.25) is 0 Å². The second kappa shape index (κ2) is 7.73. The Morgan fingerprint density at radius 1 is 1.04 bits per heavy atom. The van der Waals surface area contributed by atoms with E-state index in [1.165, 1.54) is 22.1 Å². The van der Waals surface area contributed by atoms with Crippen LogP contribution in [-0.2, 0) is 22.3 Å². The fraction of sp³-hybridized carbons (Fsp3) is 0.176. The minimum Gasteiger partial charge on any atom is -0.268 e. The van der Waals surface area contributed by atoms with Crippen LogP contribution in [0.25, 0.3) is 10.6 Å². The van der Waals surface area contributed by atoms with Crippen molar-refractivity contribution in [1.29, 1.82) is 0 Å². The predicted octanol–water partition coefficient (Wildman–Crippen LogP) is 2.09. The maximum atomic E-state index is 12.1. The molecule has 25 heavy (non-hydrogen) atoms. The Hall–Kier alpha value is -2.29. The van der Waals surface area contributed by atoms with Gasteiger partial charge in [0.15, 0.2) is 0 Å². The molecule has 2 heterocycles. The summed E-state index contributed by atoms with van der Waals surface area (Å²) in [6.07, 6.45) is 0. The molecule has 3 aromatic rings. The largest absolute Gasteiger partial charge is 0.268 e. The van der Waals surface area contributed by atoms with Gasteiger partial charge in [-0.3, -0.25) is 4.79 Å². The van der Waals surface area contributed by atoms with Crippen LogP contribution in [0, 0.1) is 0 Å². The fourth-order valence-corrected chi connectivity index (χ4v) is 4.14. The van der Waals surface area contributed by atoms with Gasteiger partial charge in [-0.1, -0.05) is 36.4 Å². The van der Waals surface area contributed by atoms with Gasteiger partial charge in [0.05, 0.1) is 17.2 Å². The number of thiophene rings is 1. The van der Waals surface area contributed by atoms with Gasteiger partial charge in [0, 0.05) is 12.6 Å². The van der Waals surface area contributed by atoms with Gasteiger partial charge in [-0.2, -0.15) is 5.10 Å². The molecule has 0 bridgehead atoms. The van der Waals surface area contributed by atoms with E-state index in [0.29, 0.717) is 11.3 Å². The number of nitrogens with zero attached hydrogens (tertiary/aromatic N) is 2. The maximum Gasteiger partial charge on any atom is 0.266 e. The van der Waals surface area contributed by atoms with Gasteiger partial charge in [-0.25, -0.2) is 17.8 Å². The van der Waals surface area contributed by atoms with Crippen LogP contribution >= 0.6 is 11.3 Å². The third-order valence-electron chi connectivity index (χ3n) is 3.49. The van der Waals surface area contributed by atoms with Gasteiger partial charge < -0.3 is 0 Å². The highest BCUT2D eigenvalue weighted by atomic mass is 32.2. The third-order valence-corrected chi connectivity index (χ3v) is 5.74. The van der Waals surface area contributed by atoms with Gasteiger partial charge in [-0.15, -0.1) is 11.3 Å². The van der Waals surface area contributed by atoms with E-state index in [4.69, 9.17) is 0 Å². The minimum atomic E-state index is -3.46. The normalized spacial score (nSPS) is 11.5. The second-order valence-electron chi connectivity index (χ2n) is 5.40. The first kappa shape index (κ1) is 17.5. The number of nitrogens with one attached hydrogen (secondary N) is 1. The van der Waals surface area contributed by atoms with Crippen molar-refractivity contribution in [3.63, 3.8) is 0 Å². The third kappa shape index (κ3) is 4.85. The molecule has 0 saturated carbocycles. The van der Waals surface area contributed by atoms with Crippen molar-refractivity contribution < 1.29 is 8.42 Å². The van der Waals surface area contributed by atoms with Crippen LogP contribution < -0.4 is 10.3 Å². The van der Waals surface area contributed by atoms with Crippen LogP contribution in [0.15, 0.2) is 64.8 Å². The van der Waals surface area contributed by atoms with Crippen LogP contribution in [0.5, 0.6) is 0 Å². The molecule has 2 aromatic heterocycles. The molecule has 0 aliphatic carbocycles. The van der Waals surface area contributed by atoms with Gasteiger partial charge in [-0.05, 0) is 23.1 Å². The van der Waals surface area contributed by atoms with Gasteiger partial charge >= 0.3 is 0 Å². The lowest BCUT2D eigenvalue weighted by atomic mass is 10.2. The highest BCUT2D eigenvalue weighted by Gasteiger charge is 2.11. The summed E-state index contributed by atoms with van der Waals surface area (Å²) in [6.45, 7) is 0.280. The quantitative estimate of drug-likeness (QED) is 0.686. The summed E-state index contributed by atoms with van der Waals surface area (Å²) in [5.74, 6) is -0.0919. The molecule has 3 rings (SSSR count). The SMILES string of the molecule is O=c1ccc(-c2cccs2)nn1CCNS(=O)(=O)Cc1ccccc1. The van der Waals surface area contributed by atoms with Gasteiger partial charge in [0.1, 0.15) is 5.69 Å². The summed E-state index contributed by atoms with van der Waals surface area (Å²) in [5, 5.41) is 6.23. The topological polar surface area (TPSA) is 81.1 Å². The number of aromatic nitrogens is 2. The highest BCUT2D eigenvalue weighted by molar-refractivity contribution is 7.88. The lowest BCUT2D eigenvalue weighted by molar-refractivity contribution is 0.548. The molecule has 0 amide bonds. The summed E-state index contributed by atoms with van der Waals surface area (Å²) in [4.78, 5) is 12.9. The van der Waals surface area contributed by atoms with Crippen LogP contribution in [0.4, 0.5) is 0 Å². The van der Waals surface area contributed by atoms with E-state index in [-0.39, 0.29) is 24.4 Å². The molecule has 1 N–H and O–H groups in total. The van der Waals surface area contributed by atoms with Crippen molar-refractivity contribution in [3.05, 3.63) is 75.9 Å². The molecule has 8 heteroatoms. The zero-order valence-corrected chi connectivity index (χ0v) is 15.0. The number of hydrogen-bond acceptors (Lipinski definition) is 5. The highest BCUT2D eigenvalue weighted by Crippen LogP contribution is 2.20. The molecule has 0 atom stereocenters. The molecule has 6 nitrogen and oxygen atoms in total. The lowest BCUT2D eigenvalue weighted by Crippen LogP contribution is -2.32. The summed E-state index contributed by atoms with van der Waals surface area (Å²) in [6, 6.07) is 15.9. The lowest BCUT2D eigenvalue weighted by Gasteiger charge is -2.09. The first-order chi connectivity index (χ1) is 12.0. The van der Waals surface area contributed by atoms with Crippen molar-refractivity contribution in [2.75, 3.05) is 6.54 Å². The molecule has 0 saturated heterocycles. The molecular weight excluding hydrogens is 358 g/mol. The Bertz CT molecular complexity index is 981. The number of benzene rings is 1. The van der Waals surface area contributed by atoms with Crippen molar-refractivity contribution in [2.45, 2.75) is 12.3 Å². The monoisotopic (exact) mass is 375 g/mol. The smallest absolute Gasteiger partial charge is 0.266 e. The zero-order valence-electron chi connectivity index (χ0n) is 13.3. The Balaban J connectivity index is 1.64. The van der Waals surface area contributed by atoms with Crippen LogP contribution in [0.1, 0.15) is 5.56 Å². The summed E-state index contributed by atoms with van der Waals surface area (Å²) in [5.41, 5.74) is 1.15. The summed E-state index contributed by atoms with van der Waals surface area (Å²) >= 11 is 1.53. The van der Waals surface area contributed by atoms with E-state index in [1.807, 2.05) is 23.6 Å². The van der Waals surface area contributed by atoms with E-state index >= 15 is 0 Å². The first-order valence-electron chi connectivity index (χ1n) is 7.67. The molecular formula is C17H17N3O3S2. The maximum absolute atomic E-state index is 12.1. The van der Waals surface area contributed by atoms with Crippen molar-refractivity contribution in [1.82, 2.24) is 14.5 Å². The Labute approximate surface area is 149 Å². The molecule has 1 aromatic carbocycles. The van der Waals surface area contributed by atoms with Crippen LogP contribution in [0.3, 0.4) is 0 Å². The summed E-state index contributed by atoms with van der Waals surface area (Å²) in [7, 11) is -3.46. The van der Waals surface area contributed by atoms with Gasteiger partial charge in [0.2, 0.25) is 10.0 Å². The van der Waals surface area contributed by atoms with E-state index in [9.17, 15) is 13.2 Å². The molecule has 0 unspecified atom stereocenters. The Morgan fingerprint density at radius 2 is 1.84 bits per heavy atom. The Kier molecular flexibility index (Phi) is 5.42. The van der Waals surface area contributed by atoms with Crippen molar-refractivity contribution >= 4 is 21.4 Å². The molecule has 0 aliphatic heterocycles. The van der Waals surface area contributed by atoms with E-state index in [2.05, 4.69) is 9.82 Å². The average molecular weight is 375 g/mol. The van der Waals surface area contributed by atoms with E-state index in [0.717, 1.165) is 4.88 Å². The average Bonchev–Trinajstić information content (AvgIpc) is 3.11. The van der Waals surface area contributed by atoms with E-state index < -0.39 is 10.0 Å². The summed E-state index contributed by atoms with van der Waals surface area (Å²) < 4.78 is 28.0. The number of rotatable bonds is 7. The standard InChI is InChI=1S/C17H17N3O3S2/c21-17-9-8-15(16-7-4-12-24-16)19-20(17)11-10-18-25(22,23)13-14-5-2-1-3-6-14/h1-9,12,18H,10-11,13H2. The molecule has 0 spiro atoms. The molecule has 0 radical (unpaired) electrons. The van der Waals surface area contributed by atoms with Gasteiger partial charge in [0.25, 0.3) is 5.56 Å². The second-order valence-corrected chi connectivity index (χ2v) is 8.15. The number of sulfonamides is 1. The predicted molar refractivity (Wildman–Crippen MR) is 98.9 cm³/mol. The fourth-order valence-electron chi connectivity index (χ4n) is 2.32. The van der Waals surface area contributed by atoms with E-state index in [1.54, 1.807) is 30.3 Å². The molecule has 130 valence electrons.